The third-order valence-electron chi connectivity index (χ3n) is 3.48. The largest absolute Gasteiger partial charge is 0.507 e. The van der Waals surface area contributed by atoms with Crippen LogP contribution in [0.4, 0.5) is 0 Å². The third kappa shape index (κ3) is 1.80. The number of fused-ring (bicyclic) bond motifs is 1. The van der Waals surface area contributed by atoms with Crippen molar-refractivity contribution < 1.29 is 9.90 Å². The Morgan fingerprint density at radius 2 is 1.65 bits per heavy atom. The highest BCUT2D eigenvalue weighted by Gasteiger charge is 2.10. The van der Waals surface area contributed by atoms with E-state index >= 15 is 0 Å². The summed E-state index contributed by atoms with van der Waals surface area (Å²) in [5.41, 5.74) is 4.04. The van der Waals surface area contributed by atoms with Crippen molar-refractivity contribution in [3.63, 3.8) is 0 Å². The van der Waals surface area contributed by atoms with Crippen LogP contribution in [0.25, 0.3) is 10.8 Å². The molecular weight excluding hydrogens is 212 g/mol. The van der Waals surface area contributed by atoms with Crippen LogP contribution in [0.3, 0.4) is 0 Å². The van der Waals surface area contributed by atoms with Crippen LogP contribution in [-0.4, -0.2) is 10.9 Å². The molecule has 0 aliphatic heterocycles. The number of hydrogen-bond donors (Lipinski definition) is 1. The number of Topliss-reactive ketones (excluding diaryl/α,β-unsaturated/α-hetero) is 1. The van der Waals surface area contributed by atoms with Crippen molar-refractivity contribution in [1.29, 1.82) is 0 Å². The molecule has 0 spiro atoms. The van der Waals surface area contributed by atoms with Gasteiger partial charge in [0.1, 0.15) is 5.75 Å². The number of phenolic OH excluding ortho intramolecular Hbond substituents is 1. The number of aromatic hydroxyl groups is 1. The van der Waals surface area contributed by atoms with Crippen LogP contribution >= 0.6 is 0 Å². The van der Waals surface area contributed by atoms with Gasteiger partial charge in [0.2, 0.25) is 0 Å². The summed E-state index contributed by atoms with van der Waals surface area (Å²) in [6.45, 7) is 7.62. The fraction of sp³-hybridized carbons (Fsp3) is 0.267. The van der Waals surface area contributed by atoms with Gasteiger partial charge in [-0.25, -0.2) is 0 Å². The molecule has 2 aromatic carbocycles. The smallest absolute Gasteiger partial charge is 0.159 e. The molecule has 0 saturated heterocycles. The van der Waals surface area contributed by atoms with Gasteiger partial charge >= 0.3 is 0 Å². The molecule has 0 aliphatic rings. The number of rotatable bonds is 1. The highest BCUT2D eigenvalue weighted by atomic mass is 16.3. The molecule has 1 N–H and O–H groups in total. The zero-order chi connectivity index (χ0) is 12.7. The van der Waals surface area contributed by atoms with Crippen LogP contribution in [0, 0.1) is 20.8 Å². The van der Waals surface area contributed by atoms with Crippen molar-refractivity contribution in [2.75, 3.05) is 0 Å². The Kier molecular flexibility index (Phi) is 2.66. The van der Waals surface area contributed by atoms with Crippen molar-refractivity contribution in [2.45, 2.75) is 27.7 Å². The molecule has 0 radical (unpaired) electrons. The van der Waals surface area contributed by atoms with Gasteiger partial charge in [-0.05, 0) is 68.0 Å². The Hall–Kier alpha value is -1.83. The van der Waals surface area contributed by atoms with Gasteiger partial charge in [-0.3, -0.25) is 4.79 Å². The number of aryl methyl sites for hydroxylation is 2. The van der Waals surface area contributed by atoms with E-state index in [1.807, 2.05) is 26.0 Å². The van der Waals surface area contributed by atoms with Crippen molar-refractivity contribution in [2.24, 2.45) is 0 Å². The molecule has 2 heteroatoms. The van der Waals surface area contributed by atoms with E-state index in [0.29, 0.717) is 5.56 Å². The molecule has 0 aromatic heterocycles. The van der Waals surface area contributed by atoms with Crippen molar-refractivity contribution in [3.8, 4) is 5.75 Å². The molecule has 17 heavy (non-hydrogen) atoms. The summed E-state index contributed by atoms with van der Waals surface area (Å²) in [4.78, 5) is 11.4. The molecule has 0 fully saturated rings. The van der Waals surface area contributed by atoms with E-state index in [2.05, 4.69) is 6.92 Å². The monoisotopic (exact) mass is 228 g/mol. The lowest BCUT2D eigenvalue weighted by Crippen LogP contribution is -1.95. The summed E-state index contributed by atoms with van der Waals surface area (Å²) in [5.74, 6) is 0.152. The molecule has 0 aliphatic carbocycles. The minimum Gasteiger partial charge on any atom is -0.507 e. The Morgan fingerprint density at radius 1 is 1.00 bits per heavy atom. The van der Waals surface area contributed by atoms with E-state index in [1.54, 1.807) is 6.07 Å². The summed E-state index contributed by atoms with van der Waals surface area (Å²) in [6, 6.07) is 5.37. The van der Waals surface area contributed by atoms with E-state index in [-0.39, 0.29) is 11.5 Å². The zero-order valence-electron chi connectivity index (χ0n) is 10.6. The highest BCUT2D eigenvalue weighted by molar-refractivity contribution is 6.02. The van der Waals surface area contributed by atoms with Crippen LogP contribution in [0.15, 0.2) is 18.2 Å². The van der Waals surface area contributed by atoms with Crippen LogP contribution in [0.2, 0.25) is 0 Å². The number of phenols is 1. The van der Waals surface area contributed by atoms with Gasteiger partial charge in [0.05, 0.1) is 0 Å². The van der Waals surface area contributed by atoms with Gasteiger partial charge in [-0.15, -0.1) is 0 Å². The van der Waals surface area contributed by atoms with E-state index in [4.69, 9.17) is 0 Å². The first-order valence-corrected chi connectivity index (χ1v) is 5.66. The minimum absolute atomic E-state index is 0.0279. The van der Waals surface area contributed by atoms with Crippen molar-refractivity contribution >= 4 is 16.6 Å². The number of ketones is 1. The fourth-order valence-electron chi connectivity index (χ4n) is 2.13. The lowest BCUT2D eigenvalue weighted by atomic mass is 9.94. The maximum Gasteiger partial charge on any atom is 0.159 e. The van der Waals surface area contributed by atoms with Gasteiger partial charge in [0.15, 0.2) is 5.78 Å². The van der Waals surface area contributed by atoms with Crippen LogP contribution in [0.5, 0.6) is 5.75 Å². The number of carbonyl (C=O) groups is 1. The predicted octanol–water partition coefficient (Wildman–Crippen LogP) is 3.67. The molecule has 2 aromatic rings. The number of hydrogen-bond acceptors (Lipinski definition) is 2. The highest BCUT2D eigenvalue weighted by Crippen LogP contribution is 2.32. The maximum absolute atomic E-state index is 11.4. The van der Waals surface area contributed by atoms with Crippen LogP contribution in [-0.2, 0) is 0 Å². The van der Waals surface area contributed by atoms with Gasteiger partial charge in [-0.1, -0.05) is 0 Å². The first kappa shape index (κ1) is 11.6. The first-order chi connectivity index (χ1) is 7.91. The average Bonchev–Trinajstić information content (AvgIpc) is 2.27. The molecule has 2 rings (SSSR count). The van der Waals surface area contributed by atoms with Gasteiger partial charge in [0.25, 0.3) is 0 Å². The molecule has 0 saturated carbocycles. The van der Waals surface area contributed by atoms with E-state index in [0.717, 1.165) is 21.9 Å². The standard InChI is InChI=1S/C15H16O2/c1-8-5-14-13(10(3)9(8)2)6-12(11(4)16)7-15(14)17/h5-7,17H,1-4H3. The van der Waals surface area contributed by atoms with Gasteiger partial charge in [-0.2, -0.15) is 0 Å². The van der Waals surface area contributed by atoms with E-state index in [9.17, 15) is 9.90 Å². The minimum atomic E-state index is -0.0279. The number of carbonyl (C=O) groups excluding carboxylic acids is 1. The normalized spacial score (nSPS) is 10.8. The first-order valence-electron chi connectivity index (χ1n) is 5.66. The molecule has 2 nitrogen and oxygen atoms in total. The Labute approximate surface area is 101 Å². The summed E-state index contributed by atoms with van der Waals surface area (Å²) in [6.07, 6.45) is 0. The Morgan fingerprint density at radius 3 is 2.24 bits per heavy atom. The second kappa shape index (κ2) is 3.88. The predicted molar refractivity (Wildman–Crippen MR) is 69.8 cm³/mol. The SMILES string of the molecule is CC(=O)c1cc(O)c2cc(C)c(C)c(C)c2c1. The van der Waals surface area contributed by atoms with Crippen LogP contribution in [0.1, 0.15) is 34.0 Å². The molecule has 0 amide bonds. The molecule has 88 valence electrons. The topological polar surface area (TPSA) is 37.3 Å². The summed E-state index contributed by atoms with van der Waals surface area (Å²) >= 11 is 0. The van der Waals surface area contributed by atoms with Crippen LogP contribution < -0.4 is 0 Å². The second-order valence-electron chi connectivity index (χ2n) is 4.59. The van der Waals surface area contributed by atoms with Crippen molar-refractivity contribution in [1.82, 2.24) is 0 Å². The van der Waals surface area contributed by atoms with Gasteiger partial charge < -0.3 is 5.11 Å². The molecule has 0 bridgehead atoms. The molecule has 0 unspecified atom stereocenters. The second-order valence-corrected chi connectivity index (χ2v) is 4.59. The lowest BCUT2D eigenvalue weighted by Gasteiger charge is -2.12. The quantitative estimate of drug-likeness (QED) is 0.756. The zero-order valence-corrected chi connectivity index (χ0v) is 10.6. The Bertz CT molecular complexity index is 625. The third-order valence-corrected chi connectivity index (χ3v) is 3.48. The van der Waals surface area contributed by atoms with Gasteiger partial charge in [0, 0.05) is 10.9 Å². The van der Waals surface area contributed by atoms with E-state index in [1.165, 1.54) is 12.5 Å². The average molecular weight is 228 g/mol. The summed E-state index contributed by atoms with van der Waals surface area (Å²) in [7, 11) is 0. The maximum atomic E-state index is 11.4. The summed E-state index contributed by atoms with van der Waals surface area (Å²) in [5, 5.41) is 11.8. The molecule has 0 heterocycles. The fourth-order valence-corrected chi connectivity index (χ4v) is 2.13. The molecular formula is C15H16O2. The molecule has 0 atom stereocenters. The Balaban J connectivity index is 2.92. The van der Waals surface area contributed by atoms with Crippen molar-refractivity contribution in [3.05, 3.63) is 40.5 Å². The summed E-state index contributed by atoms with van der Waals surface area (Å²) < 4.78 is 0. The lowest BCUT2D eigenvalue weighted by molar-refractivity contribution is 0.101. The number of benzene rings is 2. The van der Waals surface area contributed by atoms with E-state index < -0.39 is 0 Å².